The first kappa shape index (κ1) is 13.4. The maximum absolute atomic E-state index is 3.68. The van der Waals surface area contributed by atoms with Crippen LogP contribution in [0.4, 0.5) is 0 Å². The van der Waals surface area contributed by atoms with Gasteiger partial charge in [0, 0.05) is 18.6 Å². The molecule has 3 atom stereocenters. The van der Waals surface area contributed by atoms with E-state index < -0.39 is 0 Å². The monoisotopic (exact) mass is 238 g/mol. The van der Waals surface area contributed by atoms with E-state index in [0.717, 1.165) is 23.9 Å². The Bertz CT molecular complexity index is 225. The van der Waals surface area contributed by atoms with Crippen LogP contribution in [0.25, 0.3) is 0 Å². The van der Waals surface area contributed by atoms with Gasteiger partial charge in [0.1, 0.15) is 0 Å². The highest BCUT2D eigenvalue weighted by molar-refractivity contribution is 4.86. The van der Waals surface area contributed by atoms with Gasteiger partial charge < -0.3 is 10.2 Å². The number of hydrogen-bond donors (Lipinski definition) is 1. The van der Waals surface area contributed by atoms with Gasteiger partial charge in [-0.1, -0.05) is 20.3 Å². The molecule has 100 valence electrons. The molecule has 0 aromatic heterocycles. The van der Waals surface area contributed by atoms with E-state index >= 15 is 0 Å². The van der Waals surface area contributed by atoms with E-state index in [2.05, 4.69) is 31.0 Å². The second-order valence-corrected chi connectivity index (χ2v) is 6.43. The van der Waals surface area contributed by atoms with Crippen LogP contribution in [0.3, 0.4) is 0 Å². The molecule has 1 heterocycles. The zero-order valence-corrected chi connectivity index (χ0v) is 11.9. The SMILES string of the molecule is CCC(C)CC(C)N1CCC(CNC2CC2)C1. The summed E-state index contributed by atoms with van der Waals surface area (Å²) in [5.41, 5.74) is 0. The molecule has 0 radical (unpaired) electrons. The zero-order valence-electron chi connectivity index (χ0n) is 11.9. The lowest BCUT2D eigenvalue weighted by molar-refractivity contribution is 0.215. The fraction of sp³-hybridized carbons (Fsp3) is 1.00. The molecule has 1 N–H and O–H groups in total. The molecule has 0 spiro atoms. The first-order chi connectivity index (χ1) is 8.19. The fourth-order valence-corrected chi connectivity index (χ4v) is 2.95. The molecule has 1 aliphatic carbocycles. The molecule has 2 rings (SSSR count). The minimum absolute atomic E-state index is 0.788. The molecule has 2 aliphatic rings. The van der Waals surface area contributed by atoms with Crippen molar-refractivity contribution in [3.05, 3.63) is 0 Å². The number of hydrogen-bond acceptors (Lipinski definition) is 2. The van der Waals surface area contributed by atoms with Crippen molar-refractivity contribution in [2.75, 3.05) is 19.6 Å². The largest absolute Gasteiger partial charge is 0.314 e. The van der Waals surface area contributed by atoms with Gasteiger partial charge in [-0.25, -0.2) is 0 Å². The standard InChI is InChI=1S/C15H30N2/c1-4-12(2)9-13(3)17-8-7-14(11-17)10-16-15-5-6-15/h12-16H,4-11H2,1-3H3. The Morgan fingerprint density at radius 1 is 1.24 bits per heavy atom. The van der Waals surface area contributed by atoms with E-state index in [0.29, 0.717) is 0 Å². The second kappa shape index (κ2) is 6.19. The highest BCUT2D eigenvalue weighted by Crippen LogP contribution is 2.24. The molecule has 0 amide bonds. The Balaban J connectivity index is 1.64. The summed E-state index contributed by atoms with van der Waals surface area (Å²) in [5.74, 6) is 1.80. The van der Waals surface area contributed by atoms with E-state index in [1.54, 1.807) is 0 Å². The minimum atomic E-state index is 0.788. The van der Waals surface area contributed by atoms with Crippen LogP contribution in [0.5, 0.6) is 0 Å². The Morgan fingerprint density at radius 2 is 2.00 bits per heavy atom. The third-order valence-corrected chi connectivity index (χ3v) is 4.65. The van der Waals surface area contributed by atoms with Crippen molar-refractivity contribution in [2.45, 2.75) is 65.0 Å². The van der Waals surface area contributed by atoms with Crippen LogP contribution in [0, 0.1) is 11.8 Å². The summed E-state index contributed by atoms with van der Waals surface area (Å²) in [6.07, 6.45) is 6.94. The first-order valence-electron chi connectivity index (χ1n) is 7.66. The van der Waals surface area contributed by atoms with Gasteiger partial charge in [-0.2, -0.15) is 0 Å². The predicted molar refractivity (Wildman–Crippen MR) is 74.2 cm³/mol. The Hall–Kier alpha value is -0.0800. The second-order valence-electron chi connectivity index (χ2n) is 6.43. The number of likely N-dealkylation sites (tertiary alicyclic amines) is 1. The van der Waals surface area contributed by atoms with Gasteiger partial charge in [-0.3, -0.25) is 0 Å². The van der Waals surface area contributed by atoms with Gasteiger partial charge in [-0.05, 0) is 57.5 Å². The van der Waals surface area contributed by atoms with Gasteiger partial charge in [0.15, 0.2) is 0 Å². The van der Waals surface area contributed by atoms with Crippen molar-refractivity contribution in [3.8, 4) is 0 Å². The molecule has 2 nitrogen and oxygen atoms in total. The molecule has 1 saturated heterocycles. The summed E-state index contributed by atoms with van der Waals surface area (Å²) in [6, 6.07) is 1.66. The molecule has 0 aromatic carbocycles. The quantitative estimate of drug-likeness (QED) is 0.733. The summed E-state index contributed by atoms with van der Waals surface area (Å²) >= 11 is 0. The van der Waals surface area contributed by atoms with E-state index in [9.17, 15) is 0 Å². The van der Waals surface area contributed by atoms with Gasteiger partial charge in [0.2, 0.25) is 0 Å². The normalized spacial score (nSPS) is 29.5. The molecule has 2 fully saturated rings. The van der Waals surface area contributed by atoms with Gasteiger partial charge in [-0.15, -0.1) is 0 Å². The summed E-state index contributed by atoms with van der Waals surface area (Å²) in [4.78, 5) is 2.71. The van der Waals surface area contributed by atoms with Gasteiger partial charge in [0.05, 0.1) is 0 Å². The summed E-state index contributed by atoms with van der Waals surface area (Å²) in [7, 11) is 0. The van der Waals surface area contributed by atoms with E-state index in [1.807, 2.05) is 0 Å². The Morgan fingerprint density at radius 3 is 2.65 bits per heavy atom. The number of rotatable bonds is 7. The molecule has 1 saturated carbocycles. The Labute approximate surface area is 107 Å². The number of nitrogens with zero attached hydrogens (tertiary/aromatic N) is 1. The summed E-state index contributed by atoms with van der Waals surface area (Å²) in [5, 5.41) is 3.68. The summed E-state index contributed by atoms with van der Waals surface area (Å²) in [6.45, 7) is 11.0. The lowest BCUT2D eigenvalue weighted by Crippen LogP contribution is -2.34. The lowest BCUT2D eigenvalue weighted by atomic mass is 9.99. The molecular weight excluding hydrogens is 208 g/mol. The van der Waals surface area contributed by atoms with Gasteiger partial charge in [0.25, 0.3) is 0 Å². The van der Waals surface area contributed by atoms with Gasteiger partial charge >= 0.3 is 0 Å². The highest BCUT2D eigenvalue weighted by atomic mass is 15.2. The lowest BCUT2D eigenvalue weighted by Gasteiger charge is -2.26. The Kier molecular flexibility index (Phi) is 4.87. The van der Waals surface area contributed by atoms with Crippen molar-refractivity contribution in [2.24, 2.45) is 11.8 Å². The predicted octanol–water partition coefficient (Wildman–Crippen LogP) is 2.89. The van der Waals surface area contributed by atoms with E-state index in [1.165, 1.54) is 51.7 Å². The van der Waals surface area contributed by atoms with Crippen LogP contribution in [0.15, 0.2) is 0 Å². The van der Waals surface area contributed by atoms with Crippen LogP contribution in [0.2, 0.25) is 0 Å². The van der Waals surface area contributed by atoms with E-state index in [-0.39, 0.29) is 0 Å². The third kappa shape index (κ3) is 4.26. The molecule has 0 bridgehead atoms. The highest BCUT2D eigenvalue weighted by Gasteiger charge is 2.28. The molecule has 17 heavy (non-hydrogen) atoms. The fourth-order valence-electron chi connectivity index (χ4n) is 2.95. The van der Waals surface area contributed by atoms with Crippen molar-refractivity contribution < 1.29 is 0 Å². The van der Waals surface area contributed by atoms with Crippen molar-refractivity contribution in [3.63, 3.8) is 0 Å². The number of nitrogens with one attached hydrogen (secondary N) is 1. The van der Waals surface area contributed by atoms with Crippen molar-refractivity contribution in [1.29, 1.82) is 0 Å². The van der Waals surface area contributed by atoms with Crippen molar-refractivity contribution in [1.82, 2.24) is 10.2 Å². The smallest absolute Gasteiger partial charge is 0.00695 e. The van der Waals surface area contributed by atoms with Crippen LogP contribution in [0.1, 0.15) is 52.9 Å². The minimum Gasteiger partial charge on any atom is -0.314 e. The summed E-state index contributed by atoms with van der Waals surface area (Å²) < 4.78 is 0. The van der Waals surface area contributed by atoms with E-state index in [4.69, 9.17) is 0 Å². The van der Waals surface area contributed by atoms with Crippen LogP contribution in [-0.2, 0) is 0 Å². The average molecular weight is 238 g/mol. The first-order valence-corrected chi connectivity index (χ1v) is 7.66. The maximum atomic E-state index is 3.68. The molecule has 3 unspecified atom stereocenters. The van der Waals surface area contributed by atoms with Crippen LogP contribution < -0.4 is 5.32 Å². The third-order valence-electron chi connectivity index (χ3n) is 4.65. The molecule has 1 aliphatic heterocycles. The van der Waals surface area contributed by atoms with Crippen LogP contribution in [-0.4, -0.2) is 36.6 Å². The molecule has 2 heteroatoms. The maximum Gasteiger partial charge on any atom is 0.00695 e. The van der Waals surface area contributed by atoms with Crippen molar-refractivity contribution >= 4 is 0 Å². The molecule has 0 aromatic rings. The van der Waals surface area contributed by atoms with Crippen LogP contribution >= 0.6 is 0 Å². The average Bonchev–Trinajstić information content (AvgIpc) is 3.03. The zero-order chi connectivity index (χ0) is 12.3. The topological polar surface area (TPSA) is 15.3 Å². The molecular formula is C15H30N2.